The van der Waals surface area contributed by atoms with Crippen molar-refractivity contribution in [2.45, 2.75) is 0 Å². The smallest absolute Gasteiger partial charge is 0.545 e. The molecule has 2 aromatic carbocycles. The molecule has 0 spiro atoms. The Morgan fingerprint density at radius 1 is 1.00 bits per heavy atom. The zero-order valence-corrected chi connectivity index (χ0v) is 10.7. The molecule has 0 N–H and O–H groups in total. The van der Waals surface area contributed by atoms with E-state index >= 15 is 0 Å². The molecule has 1 radical (unpaired) electrons. The predicted octanol–water partition coefficient (Wildman–Crippen LogP) is 0.123. The van der Waals surface area contributed by atoms with Crippen LogP contribution in [0.2, 0.25) is 0 Å². The van der Waals surface area contributed by atoms with Crippen LogP contribution in [0.15, 0.2) is 55.1 Å². The van der Waals surface area contributed by atoms with Gasteiger partial charge in [0.05, 0.1) is 11.9 Å². The summed E-state index contributed by atoms with van der Waals surface area (Å²) in [5.41, 5.74) is 0.248. The number of carboxylic acid groups (broad SMARTS) is 2. The minimum Gasteiger partial charge on any atom is -0.545 e. The van der Waals surface area contributed by atoms with Gasteiger partial charge in [0.15, 0.2) is 0 Å². The fourth-order valence-corrected chi connectivity index (χ4v) is 1.40. The monoisotopic (exact) mass is 305 g/mol. The van der Waals surface area contributed by atoms with Crippen molar-refractivity contribution < 1.29 is 36.9 Å². The van der Waals surface area contributed by atoms with Crippen LogP contribution < -0.4 is 10.2 Å². The largest absolute Gasteiger partial charge is 2.00 e. The molecule has 0 atom stereocenters. The third-order valence-corrected chi connectivity index (χ3v) is 2.18. The van der Waals surface area contributed by atoms with Gasteiger partial charge in [0.1, 0.15) is 0 Å². The van der Waals surface area contributed by atoms with Gasteiger partial charge in [-0.1, -0.05) is 49.0 Å². The molecule has 0 unspecified atom stereocenters. The summed E-state index contributed by atoms with van der Waals surface area (Å²) in [4.78, 5) is 19.8. The summed E-state index contributed by atoms with van der Waals surface area (Å²) in [6.45, 7) is 2.90. The van der Waals surface area contributed by atoms with E-state index in [1.165, 1.54) is 0 Å². The van der Waals surface area contributed by atoms with E-state index in [0.29, 0.717) is 0 Å². The number of fused-ring (bicyclic) bond motifs is 1. The van der Waals surface area contributed by atoms with Crippen LogP contribution in [0, 0.1) is 0 Å². The minimum absolute atomic E-state index is 0. The number of hydrogen-bond donors (Lipinski definition) is 0. The van der Waals surface area contributed by atoms with Gasteiger partial charge in [-0.25, -0.2) is 0 Å². The van der Waals surface area contributed by atoms with Crippen molar-refractivity contribution in [2.24, 2.45) is 0 Å². The molecule has 0 fully saturated rings. The number of rotatable bonds is 2. The minimum atomic E-state index is -1.23. The molecule has 0 saturated heterocycles. The van der Waals surface area contributed by atoms with E-state index in [-0.39, 0.29) is 22.6 Å². The number of aliphatic carboxylic acids is 1. The van der Waals surface area contributed by atoms with Gasteiger partial charge in [-0.3, -0.25) is 0 Å². The summed E-state index contributed by atoms with van der Waals surface area (Å²) < 4.78 is 0. The van der Waals surface area contributed by atoms with Gasteiger partial charge in [0.2, 0.25) is 0 Å². The molecule has 0 aromatic heterocycles. The summed E-state index contributed by atoms with van der Waals surface area (Å²) >= 11 is 0. The first-order valence-electron chi connectivity index (χ1n) is 5.08. The number of benzene rings is 2. The fraction of sp³-hybridized carbons (Fsp3) is 0. The van der Waals surface area contributed by atoms with Crippen molar-refractivity contribution in [3.63, 3.8) is 0 Å². The normalized spacial score (nSPS) is 8.63. The summed E-state index contributed by atoms with van der Waals surface area (Å²) in [7, 11) is 0. The summed E-state index contributed by atoms with van der Waals surface area (Å²) in [6.07, 6.45) is 0.722. The predicted molar refractivity (Wildman–Crippen MR) is 63.5 cm³/mol. The van der Waals surface area contributed by atoms with Crippen LogP contribution in [0.3, 0.4) is 0 Å². The van der Waals surface area contributed by atoms with Gasteiger partial charge in [0, 0.05) is 5.56 Å². The summed E-state index contributed by atoms with van der Waals surface area (Å²) in [5, 5.41) is 21.5. The Morgan fingerprint density at radius 2 is 1.53 bits per heavy atom. The van der Waals surface area contributed by atoms with Crippen molar-refractivity contribution >= 4 is 22.7 Å². The second-order valence-electron chi connectivity index (χ2n) is 3.34. The third-order valence-electron chi connectivity index (χ3n) is 2.18. The number of carboxylic acids is 2. The Morgan fingerprint density at radius 3 is 2.05 bits per heavy atom. The number of carbonyl (C=O) groups is 2. The molecular formula is C14H10CuO4. The summed E-state index contributed by atoms with van der Waals surface area (Å²) in [6, 6.07) is 12.5. The Hall–Kier alpha value is -2.10. The van der Waals surface area contributed by atoms with Crippen molar-refractivity contribution in [1.29, 1.82) is 0 Å². The molecule has 0 heterocycles. The first-order valence-corrected chi connectivity index (χ1v) is 5.08. The van der Waals surface area contributed by atoms with Crippen molar-refractivity contribution in [3.05, 3.63) is 60.7 Å². The Kier molecular flexibility index (Phi) is 7.19. The molecule has 0 saturated carbocycles. The van der Waals surface area contributed by atoms with Crippen molar-refractivity contribution in [2.75, 3.05) is 0 Å². The number of hydrogen-bond acceptors (Lipinski definition) is 4. The van der Waals surface area contributed by atoms with Gasteiger partial charge in [-0.2, -0.15) is 0 Å². The van der Waals surface area contributed by atoms with Gasteiger partial charge in [-0.05, 0) is 16.8 Å². The first kappa shape index (κ1) is 16.9. The maximum atomic E-state index is 10.7. The average Bonchev–Trinajstić information content (AvgIpc) is 2.38. The average molecular weight is 306 g/mol. The van der Waals surface area contributed by atoms with E-state index < -0.39 is 11.9 Å². The topological polar surface area (TPSA) is 80.3 Å². The molecule has 0 aliphatic rings. The van der Waals surface area contributed by atoms with Crippen molar-refractivity contribution in [3.8, 4) is 0 Å². The van der Waals surface area contributed by atoms with Crippen LogP contribution in [-0.2, 0) is 21.9 Å². The van der Waals surface area contributed by atoms with Gasteiger partial charge >= 0.3 is 17.1 Å². The second kappa shape index (κ2) is 8.08. The molecule has 4 nitrogen and oxygen atoms in total. The van der Waals surface area contributed by atoms with E-state index in [0.717, 1.165) is 16.8 Å². The molecule has 101 valence electrons. The molecule has 19 heavy (non-hydrogen) atoms. The molecule has 5 heteroatoms. The van der Waals surface area contributed by atoms with Gasteiger partial charge in [-0.15, -0.1) is 0 Å². The van der Waals surface area contributed by atoms with Crippen LogP contribution in [0.1, 0.15) is 10.4 Å². The molecule has 2 rings (SSSR count). The van der Waals surface area contributed by atoms with Crippen LogP contribution in [0.5, 0.6) is 0 Å². The van der Waals surface area contributed by atoms with Gasteiger partial charge < -0.3 is 19.8 Å². The molecule has 0 aliphatic heterocycles. The Balaban J connectivity index is 0.000000471. The van der Waals surface area contributed by atoms with E-state index in [2.05, 4.69) is 6.58 Å². The molecule has 2 aromatic rings. The third kappa shape index (κ3) is 4.95. The van der Waals surface area contributed by atoms with E-state index in [9.17, 15) is 9.90 Å². The van der Waals surface area contributed by atoms with Gasteiger partial charge in [0.25, 0.3) is 0 Å². The van der Waals surface area contributed by atoms with E-state index in [1.54, 1.807) is 18.2 Å². The summed E-state index contributed by atoms with van der Waals surface area (Å²) in [5.74, 6) is -2.36. The zero-order chi connectivity index (χ0) is 13.5. The zero-order valence-electron chi connectivity index (χ0n) is 9.76. The van der Waals surface area contributed by atoms with E-state index in [1.807, 2.05) is 24.3 Å². The molecule has 0 aliphatic carbocycles. The Bertz CT molecular complexity index is 588. The standard InChI is InChI=1S/C11H8O2.C3H4O2.Cu/c12-11(13)10-7-3-5-8-4-1-2-6-9(8)10;1-2-3(4)5;/h1-7H,(H,12,13);2H,1H2,(H,4,5);/q;;+2/p-2. The molecule has 0 amide bonds. The van der Waals surface area contributed by atoms with Crippen LogP contribution in [0.25, 0.3) is 10.8 Å². The first-order chi connectivity index (χ1) is 8.56. The maximum Gasteiger partial charge on any atom is 2.00 e. The van der Waals surface area contributed by atoms with Crippen LogP contribution in [-0.4, -0.2) is 11.9 Å². The number of aromatic carboxylic acids is 1. The quantitative estimate of drug-likeness (QED) is 0.583. The second-order valence-corrected chi connectivity index (χ2v) is 3.34. The maximum absolute atomic E-state index is 10.7. The molecular weight excluding hydrogens is 296 g/mol. The van der Waals surface area contributed by atoms with E-state index in [4.69, 9.17) is 9.90 Å². The SMILES string of the molecule is C=CC(=O)[O-].O=C([O-])c1cccc2ccccc12.[Cu+2]. The molecule has 0 bridgehead atoms. The van der Waals surface area contributed by atoms with Crippen LogP contribution in [0.4, 0.5) is 0 Å². The van der Waals surface area contributed by atoms with Crippen LogP contribution >= 0.6 is 0 Å². The number of carbonyl (C=O) groups excluding carboxylic acids is 2. The fourth-order valence-electron chi connectivity index (χ4n) is 1.40. The van der Waals surface area contributed by atoms with Crippen molar-refractivity contribution in [1.82, 2.24) is 0 Å². The Labute approximate surface area is 120 Å².